The zero-order chi connectivity index (χ0) is 25.7. The zero-order valence-electron chi connectivity index (χ0n) is 19.9. The second-order valence-corrected chi connectivity index (χ2v) is 8.10. The molecule has 11 nitrogen and oxygen atoms in total. The van der Waals surface area contributed by atoms with Gasteiger partial charge in [-0.15, -0.1) is 0 Å². The largest absolute Gasteiger partial charge is 0.494 e. The number of ether oxygens (including phenoxy) is 3. The van der Waals surface area contributed by atoms with Gasteiger partial charge in [-0.05, 0) is 50.2 Å². The minimum atomic E-state index is -0.912. The van der Waals surface area contributed by atoms with Crippen LogP contribution >= 0.6 is 0 Å². The predicted octanol–water partition coefficient (Wildman–Crippen LogP) is 2.45. The number of esters is 2. The van der Waals surface area contributed by atoms with E-state index in [9.17, 15) is 19.2 Å². The molecule has 2 aromatic rings. The van der Waals surface area contributed by atoms with Gasteiger partial charge in [0, 0.05) is 18.7 Å². The molecule has 2 aliphatic heterocycles. The lowest BCUT2D eigenvalue weighted by molar-refractivity contribution is -0.148. The van der Waals surface area contributed by atoms with Crippen LogP contribution in [0.5, 0.6) is 5.75 Å². The highest BCUT2D eigenvalue weighted by molar-refractivity contribution is 5.99. The Balaban J connectivity index is 1.47. The molecule has 1 aromatic heterocycles. The minimum absolute atomic E-state index is 0.0151. The summed E-state index contributed by atoms with van der Waals surface area (Å²) in [5.74, 6) is -1.20. The molecule has 0 radical (unpaired) electrons. The van der Waals surface area contributed by atoms with Gasteiger partial charge in [-0.2, -0.15) is 0 Å². The van der Waals surface area contributed by atoms with Crippen molar-refractivity contribution in [3.8, 4) is 5.75 Å². The molecule has 4 rings (SSSR count). The van der Waals surface area contributed by atoms with E-state index < -0.39 is 29.9 Å². The smallest absolute Gasteiger partial charge is 0.338 e. The Kier molecular flexibility index (Phi) is 7.57. The Morgan fingerprint density at radius 3 is 2.53 bits per heavy atom. The summed E-state index contributed by atoms with van der Waals surface area (Å²) in [6, 6.07) is 8.77. The molecular weight excluding hydrogens is 470 g/mol. The standard InChI is InChI=1S/C25H27N3O8/c1-3-33-17-9-7-16(8-10-17)28-13-15(12-20(28)29)23(30)36-14-18-21(24(31)34-4-2)22(27-25(32)26-18)19-6-5-11-35-19/h5-11,15,22H,3-4,12-14H2,1-2H3,(H2,26,27,32). The normalized spacial score (nSPS) is 19.6. The molecule has 3 amide bonds. The second-order valence-electron chi connectivity index (χ2n) is 8.10. The molecule has 36 heavy (non-hydrogen) atoms. The quantitative estimate of drug-likeness (QED) is 0.504. The maximum Gasteiger partial charge on any atom is 0.338 e. The van der Waals surface area contributed by atoms with Gasteiger partial charge in [-0.25, -0.2) is 9.59 Å². The van der Waals surface area contributed by atoms with Crippen LogP contribution < -0.4 is 20.3 Å². The molecule has 0 bridgehead atoms. The Morgan fingerprint density at radius 1 is 1.08 bits per heavy atom. The van der Waals surface area contributed by atoms with E-state index in [1.54, 1.807) is 43.3 Å². The number of furan rings is 1. The number of carbonyl (C=O) groups excluding carboxylic acids is 4. The number of anilines is 1. The van der Waals surface area contributed by atoms with E-state index in [0.717, 1.165) is 0 Å². The predicted molar refractivity (Wildman–Crippen MR) is 126 cm³/mol. The molecule has 1 saturated heterocycles. The lowest BCUT2D eigenvalue weighted by Crippen LogP contribution is -2.47. The highest BCUT2D eigenvalue weighted by atomic mass is 16.5. The Bertz CT molecular complexity index is 1160. The molecule has 1 fully saturated rings. The first-order chi connectivity index (χ1) is 17.4. The molecule has 2 unspecified atom stereocenters. The van der Waals surface area contributed by atoms with Gasteiger partial charge in [0.1, 0.15) is 24.2 Å². The van der Waals surface area contributed by atoms with Gasteiger partial charge in [0.25, 0.3) is 0 Å². The number of hydrogen-bond acceptors (Lipinski definition) is 8. The number of carbonyl (C=O) groups is 4. The van der Waals surface area contributed by atoms with Crippen LogP contribution in [0.4, 0.5) is 10.5 Å². The summed E-state index contributed by atoms with van der Waals surface area (Å²) >= 11 is 0. The highest BCUT2D eigenvalue weighted by Crippen LogP contribution is 2.30. The van der Waals surface area contributed by atoms with Crippen LogP contribution in [0.15, 0.2) is 58.3 Å². The number of nitrogens with zero attached hydrogens (tertiary/aromatic N) is 1. The Hall–Kier alpha value is -4.28. The van der Waals surface area contributed by atoms with Gasteiger partial charge in [-0.1, -0.05) is 0 Å². The zero-order valence-corrected chi connectivity index (χ0v) is 19.9. The lowest BCUT2D eigenvalue weighted by atomic mass is 10.0. The molecule has 2 N–H and O–H groups in total. The van der Waals surface area contributed by atoms with Crippen molar-refractivity contribution in [1.82, 2.24) is 10.6 Å². The van der Waals surface area contributed by atoms with Gasteiger partial charge >= 0.3 is 18.0 Å². The van der Waals surface area contributed by atoms with Crippen molar-refractivity contribution in [2.24, 2.45) is 5.92 Å². The summed E-state index contributed by atoms with van der Waals surface area (Å²) in [6.45, 7) is 3.95. The molecule has 190 valence electrons. The fraction of sp³-hybridized carbons (Fsp3) is 0.360. The summed E-state index contributed by atoms with van der Waals surface area (Å²) < 4.78 is 21.4. The average Bonchev–Trinajstić information content (AvgIpc) is 3.53. The Labute approximate surface area is 207 Å². The van der Waals surface area contributed by atoms with Crippen LogP contribution in [-0.2, 0) is 23.9 Å². The molecule has 2 aliphatic rings. The molecule has 2 atom stereocenters. The molecule has 0 saturated carbocycles. The van der Waals surface area contributed by atoms with E-state index in [2.05, 4.69) is 10.6 Å². The summed E-state index contributed by atoms with van der Waals surface area (Å²) in [7, 11) is 0. The fourth-order valence-electron chi connectivity index (χ4n) is 4.12. The number of benzene rings is 1. The highest BCUT2D eigenvalue weighted by Gasteiger charge is 2.38. The molecule has 1 aromatic carbocycles. The number of hydrogen-bond donors (Lipinski definition) is 2. The first-order valence-corrected chi connectivity index (χ1v) is 11.6. The van der Waals surface area contributed by atoms with E-state index in [-0.39, 0.29) is 43.4 Å². The van der Waals surface area contributed by atoms with Crippen LogP contribution in [0.3, 0.4) is 0 Å². The molecule has 11 heteroatoms. The van der Waals surface area contributed by atoms with Crippen LogP contribution in [0, 0.1) is 5.92 Å². The van der Waals surface area contributed by atoms with Crippen molar-refractivity contribution in [1.29, 1.82) is 0 Å². The molecule has 0 spiro atoms. The van der Waals surface area contributed by atoms with E-state index in [4.69, 9.17) is 18.6 Å². The van der Waals surface area contributed by atoms with Crippen LogP contribution in [0.2, 0.25) is 0 Å². The van der Waals surface area contributed by atoms with E-state index in [0.29, 0.717) is 23.8 Å². The molecule has 0 aliphatic carbocycles. The molecular formula is C25H27N3O8. The van der Waals surface area contributed by atoms with Crippen molar-refractivity contribution in [3.63, 3.8) is 0 Å². The fourth-order valence-corrected chi connectivity index (χ4v) is 4.12. The van der Waals surface area contributed by atoms with Crippen molar-refractivity contribution in [3.05, 3.63) is 59.7 Å². The van der Waals surface area contributed by atoms with Crippen molar-refractivity contribution in [2.45, 2.75) is 26.3 Å². The third-order valence-corrected chi connectivity index (χ3v) is 5.75. The second kappa shape index (κ2) is 11.0. The molecule has 3 heterocycles. The third kappa shape index (κ3) is 5.35. The Morgan fingerprint density at radius 2 is 1.86 bits per heavy atom. The monoisotopic (exact) mass is 497 g/mol. The minimum Gasteiger partial charge on any atom is -0.494 e. The SMILES string of the molecule is CCOC(=O)C1=C(COC(=O)C2CC(=O)N(c3ccc(OCC)cc3)C2)NC(=O)NC1c1ccco1. The van der Waals surface area contributed by atoms with Gasteiger partial charge in [-0.3, -0.25) is 9.59 Å². The third-order valence-electron chi connectivity index (χ3n) is 5.75. The van der Waals surface area contributed by atoms with Gasteiger partial charge < -0.3 is 34.2 Å². The van der Waals surface area contributed by atoms with E-state index in [1.165, 1.54) is 11.2 Å². The topological polar surface area (TPSA) is 136 Å². The summed E-state index contributed by atoms with van der Waals surface area (Å²) in [5.41, 5.74) is 0.801. The van der Waals surface area contributed by atoms with Crippen LogP contribution in [0.1, 0.15) is 32.1 Å². The first-order valence-electron chi connectivity index (χ1n) is 11.6. The van der Waals surface area contributed by atoms with Crippen molar-refractivity contribution < 1.29 is 37.8 Å². The van der Waals surface area contributed by atoms with Gasteiger partial charge in [0.05, 0.1) is 36.7 Å². The number of rotatable bonds is 9. The first kappa shape index (κ1) is 24.8. The summed E-state index contributed by atoms with van der Waals surface area (Å²) in [4.78, 5) is 51.9. The summed E-state index contributed by atoms with van der Waals surface area (Å²) in [6.07, 6.45) is 1.40. The van der Waals surface area contributed by atoms with Crippen molar-refractivity contribution >= 4 is 29.6 Å². The number of urea groups is 1. The lowest BCUT2D eigenvalue weighted by Gasteiger charge is -2.27. The van der Waals surface area contributed by atoms with Crippen LogP contribution in [0.25, 0.3) is 0 Å². The van der Waals surface area contributed by atoms with Crippen molar-refractivity contribution in [2.75, 3.05) is 31.3 Å². The van der Waals surface area contributed by atoms with E-state index >= 15 is 0 Å². The van der Waals surface area contributed by atoms with Gasteiger partial charge in [0.15, 0.2) is 0 Å². The maximum absolute atomic E-state index is 12.8. The average molecular weight is 498 g/mol. The summed E-state index contributed by atoms with van der Waals surface area (Å²) in [5, 5.41) is 5.14. The van der Waals surface area contributed by atoms with Crippen LogP contribution in [-0.4, -0.2) is 50.2 Å². The number of amides is 3. The van der Waals surface area contributed by atoms with Gasteiger partial charge in [0.2, 0.25) is 5.91 Å². The van der Waals surface area contributed by atoms with E-state index in [1.807, 2.05) is 6.92 Å². The number of nitrogens with one attached hydrogen (secondary N) is 2. The maximum atomic E-state index is 12.8.